The van der Waals surface area contributed by atoms with Gasteiger partial charge in [-0.25, -0.2) is 0 Å². The van der Waals surface area contributed by atoms with Crippen LogP contribution in [0, 0.1) is 6.92 Å². The van der Waals surface area contributed by atoms with E-state index in [0.717, 1.165) is 5.69 Å². The van der Waals surface area contributed by atoms with Crippen molar-refractivity contribution in [3.63, 3.8) is 0 Å². The van der Waals surface area contributed by atoms with Crippen LogP contribution >= 0.6 is 11.6 Å². The minimum Gasteiger partial charge on any atom is -0.309 e. The van der Waals surface area contributed by atoms with Gasteiger partial charge in [-0.15, -0.1) is 11.6 Å². The summed E-state index contributed by atoms with van der Waals surface area (Å²) in [5.74, 6) is 0.806. The SMILES string of the molecule is Cc1cc(NC(=O)CCCl)nn1C. The first-order valence-electron chi connectivity index (χ1n) is 4.00. The molecule has 0 bridgehead atoms. The van der Waals surface area contributed by atoms with E-state index < -0.39 is 0 Å². The Hall–Kier alpha value is -1.03. The van der Waals surface area contributed by atoms with Gasteiger partial charge in [0, 0.05) is 31.1 Å². The molecule has 0 aliphatic rings. The molecule has 0 saturated carbocycles. The quantitative estimate of drug-likeness (QED) is 0.750. The van der Waals surface area contributed by atoms with Crippen molar-refractivity contribution >= 4 is 23.3 Å². The number of halogens is 1. The fourth-order valence-electron chi connectivity index (χ4n) is 0.913. The van der Waals surface area contributed by atoms with Gasteiger partial charge in [0.1, 0.15) is 0 Å². The van der Waals surface area contributed by atoms with Crippen LogP contribution in [0.15, 0.2) is 6.07 Å². The number of carbonyl (C=O) groups excluding carboxylic acids is 1. The molecule has 13 heavy (non-hydrogen) atoms. The molecular weight excluding hydrogens is 190 g/mol. The van der Waals surface area contributed by atoms with Crippen LogP contribution in [-0.4, -0.2) is 21.6 Å². The highest BCUT2D eigenvalue weighted by Gasteiger charge is 2.04. The van der Waals surface area contributed by atoms with Gasteiger partial charge in [-0.1, -0.05) is 0 Å². The van der Waals surface area contributed by atoms with Gasteiger partial charge < -0.3 is 5.32 Å². The third kappa shape index (κ3) is 2.73. The van der Waals surface area contributed by atoms with Gasteiger partial charge in [0.15, 0.2) is 5.82 Å². The molecule has 1 aromatic heterocycles. The van der Waals surface area contributed by atoms with Crippen molar-refractivity contribution in [1.29, 1.82) is 0 Å². The first-order chi connectivity index (χ1) is 6.13. The van der Waals surface area contributed by atoms with E-state index in [2.05, 4.69) is 10.4 Å². The second-order valence-corrected chi connectivity index (χ2v) is 3.16. The summed E-state index contributed by atoms with van der Waals surface area (Å²) < 4.78 is 1.70. The molecule has 1 N–H and O–H groups in total. The summed E-state index contributed by atoms with van der Waals surface area (Å²) in [6.07, 6.45) is 0.317. The number of aromatic nitrogens is 2. The van der Waals surface area contributed by atoms with E-state index in [4.69, 9.17) is 11.6 Å². The van der Waals surface area contributed by atoms with Crippen LogP contribution in [0.3, 0.4) is 0 Å². The first-order valence-corrected chi connectivity index (χ1v) is 4.53. The predicted molar refractivity (Wildman–Crippen MR) is 51.9 cm³/mol. The van der Waals surface area contributed by atoms with Crippen molar-refractivity contribution < 1.29 is 4.79 Å². The zero-order valence-corrected chi connectivity index (χ0v) is 8.43. The van der Waals surface area contributed by atoms with Gasteiger partial charge in [-0.3, -0.25) is 9.48 Å². The summed E-state index contributed by atoms with van der Waals surface area (Å²) in [5, 5.41) is 6.72. The van der Waals surface area contributed by atoms with Crippen molar-refractivity contribution in [2.75, 3.05) is 11.2 Å². The summed E-state index contributed by atoms with van der Waals surface area (Å²) in [7, 11) is 1.83. The van der Waals surface area contributed by atoms with Gasteiger partial charge >= 0.3 is 0 Å². The van der Waals surface area contributed by atoms with Crippen LogP contribution in [0.4, 0.5) is 5.82 Å². The van der Waals surface area contributed by atoms with Crippen molar-refractivity contribution in [1.82, 2.24) is 9.78 Å². The van der Waals surface area contributed by atoms with Gasteiger partial charge in [0.05, 0.1) is 0 Å². The van der Waals surface area contributed by atoms with Crippen molar-refractivity contribution in [3.8, 4) is 0 Å². The summed E-state index contributed by atoms with van der Waals surface area (Å²) in [4.78, 5) is 11.1. The first kappa shape index (κ1) is 10.1. The molecule has 1 heterocycles. The van der Waals surface area contributed by atoms with Gasteiger partial charge in [-0.05, 0) is 6.92 Å². The molecule has 0 fully saturated rings. The topological polar surface area (TPSA) is 46.9 Å². The lowest BCUT2D eigenvalue weighted by molar-refractivity contribution is -0.115. The molecular formula is C8H12ClN3O. The summed E-state index contributed by atoms with van der Waals surface area (Å²) in [6.45, 7) is 1.92. The summed E-state index contributed by atoms with van der Waals surface area (Å²) in [6, 6.07) is 1.81. The highest BCUT2D eigenvalue weighted by molar-refractivity contribution is 6.19. The van der Waals surface area contributed by atoms with E-state index in [-0.39, 0.29) is 5.91 Å². The van der Waals surface area contributed by atoms with Crippen LogP contribution < -0.4 is 5.32 Å². The lowest BCUT2D eigenvalue weighted by Crippen LogP contribution is -2.12. The monoisotopic (exact) mass is 201 g/mol. The van der Waals surface area contributed by atoms with E-state index in [0.29, 0.717) is 18.1 Å². The normalized spacial score (nSPS) is 10.1. The number of hydrogen-bond acceptors (Lipinski definition) is 2. The second-order valence-electron chi connectivity index (χ2n) is 2.78. The number of carbonyl (C=O) groups is 1. The van der Waals surface area contributed by atoms with E-state index >= 15 is 0 Å². The number of rotatable bonds is 3. The number of nitrogens with zero attached hydrogens (tertiary/aromatic N) is 2. The molecule has 72 valence electrons. The lowest BCUT2D eigenvalue weighted by Gasteiger charge is -1.97. The van der Waals surface area contributed by atoms with E-state index in [9.17, 15) is 4.79 Å². The Morgan fingerprint density at radius 2 is 2.46 bits per heavy atom. The number of alkyl halides is 1. The minimum atomic E-state index is -0.104. The molecule has 0 aliphatic heterocycles. The molecule has 0 saturated heterocycles. The van der Waals surface area contributed by atoms with Crippen LogP contribution in [0.1, 0.15) is 12.1 Å². The molecule has 0 spiro atoms. The Labute approximate surface area is 81.9 Å². The molecule has 5 heteroatoms. The number of amides is 1. The molecule has 0 aromatic carbocycles. The number of aryl methyl sites for hydroxylation is 2. The van der Waals surface area contributed by atoms with Gasteiger partial charge in [0.2, 0.25) is 5.91 Å². The molecule has 0 radical (unpaired) electrons. The van der Waals surface area contributed by atoms with Crippen LogP contribution in [0.2, 0.25) is 0 Å². The Bertz CT molecular complexity index is 289. The summed E-state index contributed by atoms with van der Waals surface area (Å²) >= 11 is 5.41. The number of anilines is 1. The molecule has 4 nitrogen and oxygen atoms in total. The fraction of sp³-hybridized carbons (Fsp3) is 0.500. The van der Waals surface area contributed by atoms with Gasteiger partial charge in [0.25, 0.3) is 0 Å². The van der Waals surface area contributed by atoms with Crippen LogP contribution in [-0.2, 0) is 11.8 Å². The van der Waals surface area contributed by atoms with Crippen LogP contribution in [0.25, 0.3) is 0 Å². The molecule has 0 aliphatic carbocycles. The van der Waals surface area contributed by atoms with Crippen molar-refractivity contribution in [3.05, 3.63) is 11.8 Å². The maximum absolute atomic E-state index is 11.1. The Morgan fingerprint density at radius 1 is 1.77 bits per heavy atom. The highest BCUT2D eigenvalue weighted by Crippen LogP contribution is 2.06. The third-order valence-electron chi connectivity index (χ3n) is 1.70. The smallest absolute Gasteiger partial charge is 0.226 e. The van der Waals surface area contributed by atoms with Crippen LogP contribution in [0.5, 0.6) is 0 Å². The molecule has 1 rings (SSSR count). The number of hydrogen-bond donors (Lipinski definition) is 1. The lowest BCUT2D eigenvalue weighted by atomic mass is 10.4. The zero-order valence-electron chi connectivity index (χ0n) is 7.67. The summed E-state index contributed by atoms with van der Waals surface area (Å²) in [5.41, 5.74) is 1.00. The van der Waals surface area contributed by atoms with E-state index in [1.807, 2.05) is 20.0 Å². The Kier molecular flexibility index (Phi) is 3.31. The Morgan fingerprint density at radius 3 is 2.92 bits per heavy atom. The second kappa shape index (κ2) is 4.28. The molecule has 1 amide bonds. The Balaban J connectivity index is 2.59. The molecule has 1 aromatic rings. The van der Waals surface area contributed by atoms with Crippen molar-refractivity contribution in [2.24, 2.45) is 7.05 Å². The van der Waals surface area contributed by atoms with Gasteiger partial charge in [-0.2, -0.15) is 5.10 Å². The molecule has 0 unspecified atom stereocenters. The zero-order chi connectivity index (χ0) is 9.84. The van der Waals surface area contributed by atoms with E-state index in [1.54, 1.807) is 4.68 Å². The molecule has 0 atom stereocenters. The van der Waals surface area contributed by atoms with Crippen molar-refractivity contribution in [2.45, 2.75) is 13.3 Å². The predicted octanol–water partition coefficient (Wildman–Crippen LogP) is 1.30. The average Bonchev–Trinajstić information content (AvgIpc) is 2.31. The third-order valence-corrected chi connectivity index (χ3v) is 1.89. The standard InChI is InChI=1S/C8H12ClN3O/c1-6-5-7(11-12(6)2)10-8(13)3-4-9/h5H,3-4H2,1-2H3,(H,10,11,13). The maximum atomic E-state index is 11.1. The highest BCUT2D eigenvalue weighted by atomic mass is 35.5. The average molecular weight is 202 g/mol. The van der Waals surface area contributed by atoms with E-state index in [1.165, 1.54) is 0 Å². The minimum absolute atomic E-state index is 0.104. The number of nitrogens with one attached hydrogen (secondary N) is 1. The largest absolute Gasteiger partial charge is 0.309 e. The fourth-order valence-corrected chi connectivity index (χ4v) is 1.08. The maximum Gasteiger partial charge on any atom is 0.226 e.